The van der Waals surface area contributed by atoms with Crippen LogP contribution in [-0.4, -0.2) is 67.7 Å². The van der Waals surface area contributed by atoms with Gasteiger partial charge in [-0.25, -0.2) is 14.6 Å². The number of aliphatic carboxylic acids is 1. The van der Waals surface area contributed by atoms with Crippen molar-refractivity contribution in [2.24, 2.45) is 0 Å². The molecule has 0 bridgehead atoms. The van der Waals surface area contributed by atoms with E-state index in [2.05, 4.69) is 9.97 Å². The molecule has 2 heterocycles. The molecule has 20 heavy (non-hydrogen) atoms. The van der Waals surface area contributed by atoms with Crippen LogP contribution in [0.4, 0.5) is 4.79 Å². The van der Waals surface area contributed by atoms with Gasteiger partial charge in [-0.2, -0.15) is 0 Å². The van der Waals surface area contributed by atoms with Gasteiger partial charge in [0, 0.05) is 19.5 Å². The molecule has 0 fully saturated rings. The minimum Gasteiger partial charge on any atom is -0.480 e. The minimum absolute atomic E-state index is 0.152. The number of fused-ring (bicyclic) bond motifs is 1. The molecule has 2 amide bonds. The number of hydrogen-bond donors (Lipinski definition) is 3. The Bertz CT molecular complexity index is 501. The molecule has 8 heteroatoms. The second kappa shape index (κ2) is 5.91. The molecule has 0 saturated heterocycles. The number of carboxylic acid groups (broad SMARTS) is 1. The average Bonchev–Trinajstić information content (AvgIpc) is 2.89. The summed E-state index contributed by atoms with van der Waals surface area (Å²) >= 11 is 0. The monoisotopic (exact) mass is 282 g/mol. The molecule has 0 saturated carbocycles. The summed E-state index contributed by atoms with van der Waals surface area (Å²) in [5.74, 6) is -1.05. The van der Waals surface area contributed by atoms with Crippen LogP contribution in [0, 0.1) is 0 Å². The van der Waals surface area contributed by atoms with Gasteiger partial charge < -0.3 is 25.0 Å². The number of imidazole rings is 1. The first kappa shape index (κ1) is 14.3. The Morgan fingerprint density at radius 3 is 2.95 bits per heavy atom. The van der Waals surface area contributed by atoms with Crippen molar-refractivity contribution in [1.29, 1.82) is 0 Å². The lowest BCUT2D eigenvalue weighted by Crippen LogP contribution is -2.53. The Morgan fingerprint density at radius 1 is 1.60 bits per heavy atom. The zero-order valence-electron chi connectivity index (χ0n) is 11.2. The van der Waals surface area contributed by atoms with E-state index >= 15 is 0 Å². The lowest BCUT2D eigenvalue weighted by molar-refractivity contribution is -0.143. The molecule has 0 aliphatic carbocycles. The lowest BCUT2D eigenvalue weighted by atomic mass is 10.0. The highest BCUT2D eigenvalue weighted by atomic mass is 16.4. The van der Waals surface area contributed by atoms with Gasteiger partial charge in [0.2, 0.25) is 0 Å². The second-order valence-corrected chi connectivity index (χ2v) is 4.60. The van der Waals surface area contributed by atoms with Crippen LogP contribution in [0.2, 0.25) is 0 Å². The maximum Gasteiger partial charge on any atom is 0.326 e. The van der Waals surface area contributed by atoms with Crippen molar-refractivity contribution in [3.05, 3.63) is 17.7 Å². The van der Waals surface area contributed by atoms with E-state index in [1.165, 1.54) is 16.1 Å². The summed E-state index contributed by atoms with van der Waals surface area (Å²) in [6, 6.07) is -1.31. The van der Waals surface area contributed by atoms with Gasteiger partial charge in [0.15, 0.2) is 0 Å². The fraction of sp³-hybridized carbons (Fsp3) is 0.583. The van der Waals surface area contributed by atoms with Gasteiger partial charge in [0.25, 0.3) is 0 Å². The Morgan fingerprint density at radius 2 is 2.35 bits per heavy atom. The molecule has 1 atom stereocenters. The largest absolute Gasteiger partial charge is 0.480 e. The minimum atomic E-state index is -1.05. The Kier molecular flexibility index (Phi) is 4.23. The molecule has 1 aliphatic rings. The standard InChI is InChI=1S/C12H18N4O4/c1-2-15(3-4-17)12(20)16-6-9-8(13-7-14-9)5-10(16)11(18)19/h7,10,17H,2-6H2,1H3,(H,13,14)(H,18,19). The van der Waals surface area contributed by atoms with Crippen LogP contribution < -0.4 is 0 Å². The topological polar surface area (TPSA) is 110 Å². The van der Waals surface area contributed by atoms with Crippen LogP contribution in [-0.2, 0) is 17.8 Å². The Hall–Kier alpha value is -2.09. The highest BCUT2D eigenvalue weighted by molar-refractivity contribution is 5.83. The quantitative estimate of drug-likeness (QED) is 0.699. The molecule has 3 N–H and O–H groups in total. The van der Waals surface area contributed by atoms with Gasteiger partial charge in [0.1, 0.15) is 6.04 Å². The van der Waals surface area contributed by atoms with Gasteiger partial charge in [-0.3, -0.25) is 0 Å². The third kappa shape index (κ3) is 2.60. The molecule has 8 nitrogen and oxygen atoms in total. The van der Waals surface area contributed by atoms with Crippen LogP contribution >= 0.6 is 0 Å². The van der Waals surface area contributed by atoms with E-state index in [0.29, 0.717) is 12.2 Å². The van der Waals surface area contributed by atoms with E-state index in [9.17, 15) is 14.7 Å². The van der Waals surface area contributed by atoms with Crippen LogP contribution in [0.3, 0.4) is 0 Å². The third-order valence-electron chi connectivity index (χ3n) is 3.45. The molecule has 1 aromatic heterocycles. The van der Waals surface area contributed by atoms with Crippen molar-refractivity contribution in [1.82, 2.24) is 19.8 Å². The van der Waals surface area contributed by atoms with Crippen molar-refractivity contribution < 1.29 is 19.8 Å². The fourth-order valence-corrected chi connectivity index (χ4v) is 2.35. The van der Waals surface area contributed by atoms with E-state index in [0.717, 1.165) is 5.69 Å². The highest BCUT2D eigenvalue weighted by Crippen LogP contribution is 2.22. The number of hydrogen-bond acceptors (Lipinski definition) is 4. The lowest BCUT2D eigenvalue weighted by Gasteiger charge is -2.36. The third-order valence-corrected chi connectivity index (χ3v) is 3.45. The number of carboxylic acids is 1. The van der Waals surface area contributed by atoms with Gasteiger partial charge >= 0.3 is 12.0 Å². The number of amides is 2. The molecule has 1 aliphatic heterocycles. The number of aromatic amines is 1. The number of aliphatic hydroxyl groups excluding tert-OH is 1. The number of carbonyl (C=O) groups excluding carboxylic acids is 1. The summed E-state index contributed by atoms with van der Waals surface area (Å²) in [5, 5.41) is 18.3. The molecule has 2 rings (SSSR count). The van der Waals surface area contributed by atoms with E-state index in [1.807, 2.05) is 0 Å². The number of likely N-dealkylation sites (N-methyl/N-ethyl adjacent to an activating group) is 1. The zero-order valence-corrected chi connectivity index (χ0v) is 11.2. The fourth-order valence-electron chi connectivity index (χ4n) is 2.35. The number of aliphatic hydroxyl groups is 1. The maximum atomic E-state index is 12.4. The molecule has 110 valence electrons. The van der Waals surface area contributed by atoms with Crippen molar-refractivity contribution >= 4 is 12.0 Å². The summed E-state index contributed by atoms with van der Waals surface area (Å²) in [4.78, 5) is 33.5. The van der Waals surface area contributed by atoms with E-state index in [4.69, 9.17) is 5.11 Å². The predicted octanol–water partition coefficient (Wildman–Crippen LogP) is -0.345. The molecule has 1 aromatic rings. The van der Waals surface area contributed by atoms with Gasteiger partial charge in [0.05, 0.1) is 30.9 Å². The average molecular weight is 282 g/mol. The highest BCUT2D eigenvalue weighted by Gasteiger charge is 2.37. The number of nitrogens with one attached hydrogen (secondary N) is 1. The molecule has 0 radical (unpaired) electrons. The van der Waals surface area contributed by atoms with Crippen LogP contribution in [0.15, 0.2) is 6.33 Å². The van der Waals surface area contributed by atoms with E-state index < -0.39 is 12.0 Å². The molecule has 0 spiro atoms. The van der Waals surface area contributed by atoms with Crippen molar-refractivity contribution in [2.75, 3.05) is 19.7 Å². The van der Waals surface area contributed by atoms with Crippen molar-refractivity contribution in [3.63, 3.8) is 0 Å². The first-order valence-corrected chi connectivity index (χ1v) is 6.48. The molecule has 0 aromatic carbocycles. The van der Waals surface area contributed by atoms with Crippen molar-refractivity contribution in [2.45, 2.75) is 25.9 Å². The summed E-state index contributed by atoms with van der Waals surface area (Å²) in [5.41, 5.74) is 1.45. The van der Waals surface area contributed by atoms with E-state index in [1.54, 1.807) is 6.92 Å². The number of carbonyl (C=O) groups is 2. The number of H-pyrrole nitrogens is 1. The van der Waals surface area contributed by atoms with Crippen LogP contribution in [0.25, 0.3) is 0 Å². The number of aromatic nitrogens is 2. The normalized spacial score (nSPS) is 17.7. The summed E-state index contributed by atoms with van der Waals surface area (Å²) in [6.45, 7) is 2.43. The van der Waals surface area contributed by atoms with E-state index in [-0.39, 0.29) is 32.1 Å². The number of nitrogens with zero attached hydrogens (tertiary/aromatic N) is 3. The van der Waals surface area contributed by atoms with Gasteiger partial charge in [-0.15, -0.1) is 0 Å². The van der Waals surface area contributed by atoms with Gasteiger partial charge in [-0.05, 0) is 6.92 Å². The maximum absolute atomic E-state index is 12.4. The number of urea groups is 1. The summed E-state index contributed by atoms with van der Waals surface area (Å²) in [6.07, 6.45) is 1.69. The Balaban J connectivity index is 2.23. The second-order valence-electron chi connectivity index (χ2n) is 4.60. The molecular weight excluding hydrogens is 264 g/mol. The zero-order chi connectivity index (χ0) is 14.7. The molecule has 1 unspecified atom stereocenters. The van der Waals surface area contributed by atoms with Gasteiger partial charge in [-0.1, -0.05) is 0 Å². The smallest absolute Gasteiger partial charge is 0.326 e. The van der Waals surface area contributed by atoms with Crippen molar-refractivity contribution in [3.8, 4) is 0 Å². The SMILES string of the molecule is CCN(CCO)C(=O)N1Cc2[nH]cnc2CC1C(=O)O. The molecular formula is C12H18N4O4. The predicted molar refractivity (Wildman–Crippen MR) is 69.0 cm³/mol. The van der Waals surface area contributed by atoms with Crippen LogP contribution in [0.5, 0.6) is 0 Å². The summed E-state index contributed by atoms with van der Waals surface area (Å²) < 4.78 is 0. The number of rotatable bonds is 4. The van der Waals surface area contributed by atoms with Crippen LogP contribution in [0.1, 0.15) is 18.3 Å². The Labute approximate surface area is 116 Å². The summed E-state index contributed by atoms with van der Waals surface area (Å²) in [7, 11) is 0. The first-order chi connectivity index (χ1) is 9.58. The first-order valence-electron chi connectivity index (χ1n) is 6.48.